The lowest BCUT2D eigenvalue weighted by Gasteiger charge is -2.19. The topological polar surface area (TPSA) is 37.4 Å². The monoisotopic (exact) mass is 434 g/mol. The summed E-state index contributed by atoms with van der Waals surface area (Å²) in [5.41, 5.74) is 3.45. The summed E-state index contributed by atoms with van der Waals surface area (Å²) in [6, 6.07) is 18.7. The second-order valence-corrected chi connectivity index (χ2v) is 7.08. The molecular formula is C23H25F3N2OS. The number of ether oxygens (including phenoxy) is 1. The van der Waals surface area contributed by atoms with Gasteiger partial charge in [0.1, 0.15) is 5.75 Å². The molecule has 0 bridgehead atoms. The Morgan fingerprint density at radius 1 is 1.00 bits per heavy atom. The van der Waals surface area contributed by atoms with Gasteiger partial charge >= 0.3 is 6.61 Å². The van der Waals surface area contributed by atoms with Gasteiger partial charge in [0.15, 0.2) is 0 Å². The maximum Gasteiger partial charge on any atom is 0.387 e. The third-order valence-electron chi connectivity index (χ3n) is 4.16. The average molecular weight is 435 g/mol. The number of rotatable bonds is 4. The fraction of sp³-hybridized carbons (Fsp3) is 0.261. The van der Waals surface area contributed by atoms with Crippen LogP contribution < -0.4 is 4.74 Å². The molecule has 0 fully saturated rings. The lowest BCUT2D eigenvalue weighted by Crippen LogP contribution is -2.09. The Labute approximate surface area is 179 Å². The molecule has 160 valence electrons. The molecule has 0 aliphatic carbocycles. The number of halogens is 3. The summed E-state index contributed by atoms with van der Waals surface area (Å²) in [5.74, 6) is 0.213. The summed E-state index contributed by atoms with van der Waals surface area (Å²) in [6.45, 7) is 1.15. The highest BCUT2D eigenvalue weighted by Crippen LogP contribution is 2.47. The molecule has 30 heavy (non-hydrogen) atoms. The molecule has 1 unspecified atom stereocenters. The molecule has 1 atom stereocenters. The number of nitrogens with zero attached hydrogens (tertiary/aromatic N) is 1. The van der Waals surface area contributed by atoms with E-state index in [4.69, 9.17) is 9.73 Å². The SMILES string of the molecule is CC.CF.FC(F)Oc1ccccc1C1CC(c2ccc[nH]2)=Nc2ccccc2S1. The number of alkyl halides is 3. The number of fused-ring (bicyclic) bond motifs is 1. The van der Waals surface area contributed by atoms with Gasteiger partial charge in [-0.2, -0.15) is 8.78 Å². The minimum atomic E-state index is -2.85. The molecule has 1 aromatic heterocycles. The first kappa shape index (κ1) is 23.6. The fourth-order valence-corrected chi connectivity index (χ4v) is 4.28. The number of H-pyrrole nitrogens is 1. The summed E-state index contributed by atoms with van der Waals surface area (Å²) in [4.78, 5) is 9.04. The van der Waals surface area contributed by atoms with E-state index in [9.17, 15) is 13.2 Å². The highest BCUT2D eigenvalue weighted by Gasteiger charge is 2.25. The summed E-state index contributed by atoms with van der Waals surface area (Å²) in [6.07, 6.45) is 2.45. The van der Waals surface area contributed by atoms with Crippen molar-refractivity contribution in [3.63, 3.8) is 0 Å². The van der Waals surface area contributed by atoms with Gasteiger partial charge in [-0.05, 0) is 30.3 Å². The van der Waals surface area contributed by atoms with E-state index in [0.29, 0.717) is 13.6 Å². The van der Waals surface area contributed by atoms with Crippen molar-refractivity contribution in [2.75, 3.05) is 7.18 Å². The maximum atomic E-state index is 12.8. The largest absolute Gasteiger partial charge is 0.435 e. The van der Waals surface area contributed by atoms with E-state index >= 15 is 0 Å². The fourth-order valence-electron chi connectivity index (χ4n) is 3.01. The lowest BCUT2D eigenvalue weighted by atomic mass is 10.0. The number of hydrogen-bond donors (Lipinski definition) is 1. The van der Waals surface area contributed by atoms with Crippen molar-refractivity contribution in [3.8, 4) is 5.75 Å². The molecule has 2 heterocycles. The van der Waals surface area contributed by atoms with Gasteiger partial charge in [-0.25, -0.2) is 0 Å². The molecule has 3 nitrogen and oxygen atoms in total. The predicted molar refractivity (Wildman–Crippen MR) is 118 cm³/mol. The van der Waals surface area contributed by atoms with Gasteiger partial charge in [-0.1, -0.05) is 44.2 Å². The number of benzene rings is 2. The highest BCUT2D eigenvalue weighted by atomic mass is 32.2. The van der Waals surface area contributed by atoms with Crippen LogP contribution in [0.25, 0.3) is 0 Å². The number of aromatic amines is 1. The molecule has 0 radical (unpaired) electrons. The Kier molecular flexibility index (Phi) is 9.54. The second kappa shape index (κ2) is 12.1. The van der Waals surface area contributed by atoms with Crippen molar-refractivity contribution in [3.05, 3.63) is 78.1 Å². The Morgan fingerprint density at radius 2 is 1.70 bits per heavy atom. The van der Waals surface area contributed by atoms with Crippen LogP contribution >= 0.6 is 11.8 Å². The van der Waals surface area contributed by atoms with E-state index in [2.05, 4.69) is 4.98 Å². The summed E-state index contributed by atoms with van der Waals surface area (Å²) >= 11 is 1.62. The van der Waals surface area contributed by atoms with Crippen molar-refractivity contribution in [1.29, 1.82) is 0 Å². The van der Waals surface area contributed by atoms with Crippen LogP contribution in [0.3, 0.4) is 0 Å². The van der Waals surface area contributed by atoms with Crippen LogP contribution in [0.1, 0.15) is 36.8 Å². The minimum absolute atomic E-state index is 0.0874. The van der Waals surface area contributed by atoms with Crippen LogP contribution in [0, 0.1) is 0 Å². The molecule has 4 rings (SSSR count). The van der Waals surface area contributed by atoms with E-state index in [-0.39, 0.29) is 11.0 Å². The molecular weight excluding hydrogens is 409 g/mol. The molecule has 0 saturated carbocycles. The normalized spacial score (nSPS) is 14.9. The van der Waals surface area contributed by atoms with Gasteiger partial charge in [-0.3, -0.25) is 9.38 Å². The summed E-state index contributed by atoms with van der Waals surface area (Å²) in [5, 5.41) is -0.0874. The zero-order valence-corrected chi connectivity index (χ0v) is 17.9. The van der Waals surface area contributed by atoms with Gasteiger partial charge in [0.25, 0.3) is 0 Å². The van der Waals surface area contributed by atoms with Crippen molar-refractivity contribution in [2.45, 2.75) is 37.0 Å². The molecule has 0 spiro atoms. The zero-order chi connectivity index (χ0) is 21.9. The van der Waals surface area contributed by atoms with E-state index < -0.39 is 6.61 Å². The quantitative estimate of drug-likeness (QED) is 0.459. The van der Waals surface area contributed by atoms with Crippen molar-refractivity contribution >= 4 is 23.2 Å². The van der Waals surface area contributed by atoms with Crippen molar-refractivity contribution in [2.24, 2.45) is 4.99 Å². The zero-order valence-electron chi connectivity index (χ0n) is 17.1. The van der Waals surface area contributed by atoms with E-state index in [1.807, 2.05) is 68.6 Å². The van der Waals surface area contributed by atoms with E-state index in [0.717, 1.165) is 27.6 Å². The Balaban J connectivity index is 0.000000757. The Hall–Kier alpha value is -2.67. The molecule has 0 amide bonds. The maximum absolute atomic E-state index is 12.8. The number of thioether (sulfide) groups is 1. The van der Waals surface area contributed by atoms with Gasteiger partial charge in [-0.15, -0.1) is 11.8 Å². The third kappa shape index (κ3) is 5.92. The predicted octanol–water partition coefficient (Wildman–Crippen LogP) is 7.59. The van der Waals surface area contributed by atoms with Crippen LogP contribution in [0.4, 0.5) is 18.9 Å². The minimum Gasteiger partial charge on any atom is -0.435 e. The van der Waals surface area contributed by atoms with Gasteiger partial charge in [0, 0.05) is 28.3 Å². The van der Waals surface area contributed by atoms with Crippen LogP contribution in [0.15, 0.2) is 76.7 Å². The first-order valence-electron chi connectivity index (χ1n) is 9.59. The Morgan fingerprint density at radius 3 is 2.40 bits per heavy atom. The molecule has 2 aromatic carbocycles. The van der Waals surface area contributed by atoms with Gasteiger partial charge < -0.3 is 9.72 Å². The first-order chi connectivity index (χ1) is 14.7. The molecule has 0 saturated heterocycles. The van der Waals surface area contributed by atoms with Crippen LogP contribution in [-0.2, 0) is 0 Å². The molecule has 1 aliphatic heterocycles. The van der Waals surface area contributed by atoms with Gasteiger partial charge in [0.2, 0.25) is 0 Å². The second-order valence-electron chi connectivity index (χ2n) is 5.84. The van der Waals surface area contributed by atoms with Crippen LogP contribution in [0.5, 0.6) is 5.75 Å². The number of hydrogen-bond acceptors (Lipinski definition) is 3. The smallest absolute Gasteiger partial charge is 0.387 e. The molecule has 3 aromatic rings. The number of aromatic nitrogens is 1. The third-order valence-corrected chi connectivity index (χ3v) is 5.46. The van der Waals surface area contributed by atoms with Crippen molar-refractivity contribution in [1.82, 2.24) is 4.98 Å². The van der Waals surface area contributed by atoms with Crippen molar-refractivity contribution < 1.29 is 17.9 Å². The highest BCUT2D eigenvalue weighted by molar-refractivity contribution is 7.99. The summed E-state index contributed by atoms with van der Waals surface area (Å²) < 4.78 is 39.9. The number of para-hydroxylation sites is 2. The molecule has 1 N–H and O–H groups in total. The number of aliphatic imine (C=N–C) groups is 1. The molecule has 1 aliphatic rings. The lowest BCUT2D eigenvalue weighted by molar-refractivity contribution is -0.0504. The van der Waals surface area contributed by atoms with Gasteiger partial charge in [0.05, 0.1) is 24.3 Å². The molecule has 7 heteroatoms. The van der Waals surface area contributed by atoms with Crippen LogP contribution in [-0.4, -0.2) is 24.5 Å². The average Bonchev–Trinajstić information content (AvgIpc) is 3.24. The van der Waals surface area contributed by atoms with E-state index in [1.165, 1.54) is 0 Å². The Bertz CT molecular complexity index is 930. The summed E-state index contributed by atoms with van der Waals surface area (Å²) in [7, 11) is 0.500. The van der Waals surface area contributed by atoms with E-state index in [1.54, 1.807) is 23.9 Å². The number of nitrogens with one attached hydrogen (secondary N) is 1. The standard InChI is InChI=1S/C20H16F2N2OS.C2H6.CH3F/c21-20(22)25-17-9-3-1-6-13(17)19-12-16(14-8-5-11-23-14)24-15-7-2-4-10-18(15)26-19;2*1-2/h1-11,19-20,23H,12H2;1-2H3;1H3. The van der Waals surface area contributed by atoms with Crippen LogP contribution in [0.2, 0.25) is 0 Å². The first-order valence-corrected chi connectivity index (χ1v) is 10.5.